The van der Waals surface area contributed by atoms with Gasteiger partial charge in [0.15, 0.2) is 11.7 Å². The Bertz CT molecular complexity index is 1230. The fraction of sp³-hybridized carbons (Fsp3) is 0.767. The van der Waals surface area contributed by atoms with Crippen LogP contribution >= 0.6 is 11.6 Å². The minimum atomic E-state index is -2.42. The topological polar surface area (TPSA) is 184 Å². The highest BCUT2D eigenvalue weighted by Gasteiger charge is 2.76. The van der Waals surface area contributed by atoms with Crippen molar-refractivity contribution in [3.63, 3.8) is 0 Å². The van der Waals surface area contributed by atoms with E-state index in [1.54, 1.807) is 6.92 Å². The van der Waals surface area contributed by atoms with Crippen LogP contribution in [-0.2, 0) is 52.4 Å². The van der Waals surface area contributed by atoms with Crippen molar-refractivity contribution in [3.8, 4) is 0 Å². The number of epoxide rings is 1. The first-order chi connectivity index (χ1) is 20.3. The minimum absolute atomic E-state index is 0.00914. The van der Waals surface area contributed by atoms with Gasteiger partial charge in [-0.2, -0.15) is 0 Å². The van der Waals surface area contributed by atoms with E-state index in [9.17, 15) is 34.2 Å². The van der Waals surface area contributed by atoms with Gasteiger partial charge in [-0.05, 0) is 25.8 Å². The quantitative estimate of drug-likeness (QED) is 0.140. The number of aliphatic hydroxyl groups is 2. The van der Waals surface area contributed by atoms with Crippen molar-refractivity contribution in [2.24, 2.45) is 17.3 Å². The molecule has 4 fully saturated rings. The Morgan fingerprint density at radius 2 is 1.55 bits per heavy atom. The zero-order chi connectivity index (χ0) is 33.1. The van der Waals surface area contributed by atoms with Crippen LogP contribution in [0.2, 0.25) is 0 Å². The average Bonchev–Trinajstić information content (AvgIpc) is 3.66. The van der Waals surface area contributed by atoms with Gasteiger partial charge < -0.3 is 38.6 Å². The van der Waals surface area contributed by atoms with E-state index < -0.39 is 106 Å². The molecule has 246 valence electrons. The molecule has 0 aromatic carbocycles. The van der Waals surface area contributed by atoms with E-state index in [0.717, 1.165) is 20.8 Å². The van der Waals surface area contributed by atoms with Gasteiger partial charge in [0.2, 0.25) is 0 Å². The molecule has 2 saturated heterocycles. The molecule has 2 N–H and O–H groups in total. The number of halogens is 1. The molecular formula is C30H41ClO13. The molecule has 4 aliphatic rings. The third-order valence-corrected chi connectivity index (χ3v) is 10.1. The van der Waals surface area contributed by atoms with Crippen LogP contribution < -0.4 is 0 Å². The third-order valence-electron chi connectivity index (χ3n) is 9.62. The molecule has 0 amide bonds. The summed E-state index contributed by atoms with van der Waals surface area (Å²) in [6.45, 7) is 13.4. The van der Waals surface area contributed by atoms with Gasteiger partial charge in [-0.1, -0.05) is 20.4 Å². The second kappa shape index (κ2) is 11.9. The molecular weight excluding hydrogens is 604 g/mol. The van der Waals surface area contributed by atoms with Crippen LogP contribution in [0, 0.1) is 17.3 Å². The highest BCUT2D eigenvalue weighted by molar-refractivity contribution is 6.23. The van der Waals surface area contributed by atoms with Crippen LogP contribution in [0.25, 0.3) is 0 Å². The standard InChI is InChI=1S/C30H41ClO13/c1-9-10-19(35)42-18-11-17(39-14(4)32)28(7)23(29(18,8)37)26(41-16(6)34)30(38)13(3)27(36)44-24(30)20(31)12(2)21-22(43-21)25(28)40-15(5)33/h13,17-18,20-26,37-38H,2,9-11H2,1,3-8H3/t13-,17-,18+,20-,21+,22+,23+,24-,25+,26+,28+,29+,30-/m0/s1. The van der Waals surface area contributed by atoms with Crippen molar-refractivity contribution in [1.29, 1.82) is 0 Å². The van der Waals surface area contributed by atoms with E-state index in [4.69, 9.17) is 40.0 Å². The first-order valence-electron chi connectivity index (χ1n) is 14.7. The van der Waals surface area contributed by atoms with Gasteiger partial charge in [0.05, 0.1) is 16.7 Å². The van der Waals surface area contributed by atoms with Gasteiger partial charge in [0.1, 0.15) is 42.2 Å². The van der Waals surface area contributed by atoms with Crippen LogP contribution in [0.15, 0.2) is 12.2 Å². The molecule has 14 heteroatoms. The fourth-order valence-electron chi connectivity index (χ4n) is 7.47. The largest absolute Gasteiger partial charge is 0.462 e. The number of carbonyl (C=O) groups is 5. The Balaban J connectivity index is 2.08. The normalized spacial score (nSPS) is 44.6. The summed E-state index contributed by atoms with van der Waals surface area (Å²) in [6.07, 6.45) is -8.95. The summed E-state index contributed by atoms with van der Waals surface area (Å²) in [5, 5.41) is 23.8. The molecule has 0 aromatic heterocycles. The second-order valence-corrected chi connectivity index (χ2v) is 13.1. The number of carbonyl (C=O) groups excluding carboxylic acids is 5. The number of fused-ring (bicyclic) bond motifs is 3. The zero-order valence-corrected chi connectivity index (χ0v) is 26.6. The number of hydrogen-bond acceptors (Lipinski definition) is 13. The summed E-state index contributed by atoms with van der Waals surface area (Å²) in [7, 11) is 0. The molecule has 2 saturated carbocycles. The Kier molecular flexibility index (Phi) is 9.22. The number of ether oxygens (including phenoxy) is 6. The van der Waals surface area contributed by atoms with Crippen LogP contribution in [-0.4, -0.2) is 99.4 Å². The monoisotopic (exact) mass is 644 g/mol. The number of hydrogen-bond donors (Lipinski definition) is 2. The van der Waals surface area contributed by atoms with Crippen molar-refractivity contribution in [2.45, 2.75) is 127 Å². The summed E-state index contributed by atoms with van der Waals surface area (Å²) in [6, 6.07) is 0. The number of rotatable bonds is 6. The molecule has 4 rings (SSSR count). The molecule has 2 aliphatic carbocycles. The van der Waals surface area contributed by atoms with Gasteiger partial charge in [0, 0.05) is 39.5 Å². The van der Waals surface area contributed by atoms with Crippen molar-refractivity contribution in [2.75, 3.05) is 0 Å². The lowest BCUT2D eigenvalue weighted by atomic mass is 9.50. The van der Waals surface area contributed by atoms with Gasteiger partial charge >= 0.3 is 29.8 Å². The van der Waals surface area contributed by atoms with Crippen molar-refractivity contribution >= 4 is 41.4 Å². The molecule has 2 aliphatic heterocycles. The first-order valence-corrected chi connectivity index (χ1v) is 15.1. The third kappa shape index (κ3) is 5.50. The van der Waals surface area contributed by atoms with Crippen molar-refractivity contribution in [3.05, 3.63) is 12.2 Å². The maximum atomic E-state index is 13.1. The SMILES string of the molecule is C=C1[C@H]2O[C@H]2[C@@H](OC(C)=O)[C@]2(C)[C@@H](OC(C)=O)C[C@@H](OC(=O)CCC)[C@@](C)(O)[C@@H]2[C@@H](OC(C)=O)[C@]2(O)[C@@H](C)C(=O)O[C@H]2[C@H]1Cl. The highest BCUT2D eigenvalue weighted by atomic mass is 35.5. The van der Waals surface area contributed by atoms with E-state index in [0.29, 0.717) is 6.42 Å². The molecule has 0 bridgehead atoms. The molecule has 0 spiro atoms. The maximum Gasteiger partial charge on any atom is 0.312 e. The first kappa shape index (κ1) is 34.1. The number of esters is 5. The lowest BCUT2D eigenvalue weighted by molar-refractivity contribution is -0.293. The van der Waals surface area contributed by atoms with E-state index in [1.807, 2.05) is 0 Å². The highest BCUT2D eigenvalue weighted by Crippen LogP contribution is 2.61. The fourth-order valence-corrected chi connectivity index (χ4v) is 7.85. The van der Waals surface area contributed by atoms with E-state index in [2.05, 4.69) is 6.58 Å². The van der Waals surface area contributed by atoms with Gasteiger partial charge in [-0.3, -0.25) is 24.0 Å². The molecule has 0 radical (unpaired) electrons. The summed E-state index contributed by atoms with van der Waals surface area (Å²) in [5.41, 5.74) is -6.13. The Morgan fingerprint density at radius 1 is 0.977 bits per heavy atom. The Labute approximate surface area is 260 Å². The van der Waals surface area contributed by atoms with E-state index >= 15 is 0 Å². The minimum Gasteiger partial charge on any atom is -0.462 e. The molecule has 0 unspecified atom stereocenters. The molecule has 44 heavy (non-hydrogen) atoms. The summed E-state index contributed by atoms with van der Waals surface area (Å²) in [5.74, 6) is -6.87. The smallest absolute Gasteiger partial charge is 0.312 e. The summed E-state index contributed by atoms with van der Waals surface area (Å²) in [4.78, 5) is 63.8. The van der Waals surface area contributed by atoms with Gasteiger partial charge in [-0.25, -0.2) is 0 Å². The van der Waals surface area contributed by atoms with Crippen molar-refractivity contribution in [1.82, 2.24) is 0 Å². The maximum absolute atomic E-state index is 13.1. The average molecular weight is 645 g/mol. The van der Waals surface area contributed by atoms with E-state index in [-0.39, 0.29) is 18.4 Å². The lowest BCUT2D eigenvalue weighted by Crippen LogP contribution is -2.75. The Morgan fingerprint density at radius 3 is 2.09 bits per heavy atom. The van der Waals surface area contributed by atoms with Crippen LogP contribution in [0.5, 0.6) is 0 Å². The predicted octanol–water partition coefficient (Wildman–Crippen LogP) is 1.51. The van der Waals surface area contributed by atoms with Crippen LogP contribution in [0.4, 0.5) is 0 Å². The second-order valence-electron chi connectivity index (χ2n) is 12.7. The van der Waals surface area contributed by atoms with Gasteiger partial charge in [-0.15, -0.1) is 11.6 Å². The van der Waals surface area contributed by atoms with Crippen LogP contribution in [0.1, 0.15) is 67.7 Å². The molecule has 0 aromatic rings. The summed E-state index contributed by atoms with van der Waals surface area (Å²) < 4.78 is 34.8. The predicted molar refractivity (Wildman–Crippen MR) is 150 cm³/mol. The summed E-state index contributed by atoms with van der Waals surface area (Å²) >= 11 is 6.81. The van der Waals surface area contributed by atoms with E-state index in [1.165, 1.54) is 20.8 Å². The van der Waals surface area contributed by atoms with Gasteiger partial charge in [0.25, 0.3) is 0 Å². The number of alkyl halides is 1. The Hall–Kier alpha value is -2.74. The zero-order valence-electron chi connectivity index (χ0n) is 25.9. The molecule has 13 nitrogen and oxygen atoms in total. The van der Waals surface area contributed by atoms with Crippen molar-refractivity contribution < 1.29 is 62.6 Å². The molecule has 2 heterocycles. The molecule has 13 atom stereocenters. The lowest BCUT2D eigenvalue weighted by Gasteiger charge is -2.60. The van der Waals surface area contributed by atoms with Crippen LogP contribution in [0.3, 0.4) is 0 Å².